The second-order valence-electron chi connectivity index (χ2n) is 5.97. The van der Waals surface area contributed by atoms with E-state index in [2.05, 4.69) is 18.9 Å². The molecule has 0 N–H and O–H groups in total. The minimum atomic E-state index is 0.246. The second-order valence-corrected chi connectivity index (χ2v) is 5.97. The molecular weight excluding hydrogens is 216 g/mol. The Morgan fingerprint density at radius 3 is 2.71 bits per heavy atom. The molecule has 3 aliphatic rings. The molecule has 2 atom stereocenters. The Labute approximate surface area is 103 Å². The number of hydrogen-bond acceptors (Lipinski definition) is 3. The zero-order chi connectivity index (χ0) is 12.0. The zero-order valence-electron chi connectivity index (χ0n) is 10.8. The summed E-state index contributed by atoms with van der Waals surface area (Å²) >= 11 is 0. The van der Waals surface area contributed by atoms with Gasteiger partial charge in [0, 0.05) is 25.6 Å². The molecule has 0 aromatic carbocycles. The number of carbonyl (C=O) groups is 1. The van der Waals surface area contributed by atoms with Crippen molar-refractivity contribution in [2.24, 2.45) is 11.8 Å². The topological polar surface area (TPSA) is 32.8 Å². The molecule has 0 spiro atoms. The summed E-state index contributed by atoms with van der Waals surface area (Å²) in [5.74, 6) is 1.41. The summed E-state index contributed by atoms with van der Waals surface area (Å²) in [6.45, 7) is 5.69. The Kier molecular flexibility index (Phi) is 2.87. The van der Waals surface area contributed by atoms with Gasteiger partial charge in [0.2, 0.25) is 5.91 Å². The molecule has 2 saturated heterocycles. The SMILES string of the molecule is CC1CC(C(=O)N2C[C@@H]3OCCN(C)[C@@H]3C2)C1. The van der Waals surface area contributed by atoms with Gasteiger partial charge in [-0.1, -0.05) is 6.92 Å². The number of rotatable bonds is 1. The predicted molar refractivity (Wildman–Crippen MR) is 64.6 cm³/mol. The first-order valence-electron chi connectivity index (χ1n) is 6.76. The van der Waals surface area contributed by atoms with Gasteiger partial charge in [0.15, 0.2) is 0 Å². The maximum absolute atomic E-state index is 12.3. The molecule has 0 aromatic heterocycles. The molecule has 2 aliphatic heterocycles. The van der Waals surface area contributed by atoms with E-state index >= 15 is 0 Å². The fourth-order valence-electron chi connectivity index (χ4n) is 3.40. The van der Waals surface area contributed by atoms with Crippen molar-refractivity contribution < 1.29 is 9.53 Å². The smallest absolute Gasteiger partial charge is 0.225 e. The first-order chi connectivity index (χ1) is 8.15. The molecule has 1 saturated carbocycles. The highest BCUT2D eigenvalue weighted by molar-refractivity contribution is 5.80. The van der Waals surface area contributed by atoms with E-state index in [4.69, 9.17) is 4.74 Å². The molecule has 96 valence electrons. The van der Waals surface area contributed by atoms with Crippen LogP contribution in [0.2, 0.25) is 0 Å². The van der Waals surface area contributed by atoms with Gasteiger partial charge in [-0.15, -0.1) is 0 Å². The highest BCUT2D eigenvalue weighted by atomic mass is 16.5. The molecule has 4 nitrogen and oxygen atoms in total. The van der Waals surface area contributed by atoms with Crippen molar-refractivity contribution in [2.75, 3.05) is 33.3 Å². The van der Waals surface area contributed by atoms with Crippen molar-refractivity contribution in [2.45, 2.75) is 31.9 Å². The molecule has 3 rings (SSSR count). The van der Waals surface area contributed by atoms with Gasteiger partial charge in [-0.3, -0.25) is 9.69 Å². The van der Waals surface area contributed by atoms with Crippen LogP contribution >= 0.6 is 0 Å². The van der Waals surface area contributed by atoms with E-state index < -0.39 is 0 Å². The van der Waals surface area contributed by atoms with Gasteiger partial charge in [-0.25, -0.2) is 0 Å². The molecule has 1 amide bonds. The molecule has 1 aliphatic carbocycles. The van der Waals surface area contributed by atoms with E-state index in [9.17, 15) is 4.79 Å². The highest BCUT2D eigenvalue weighted by Gasteiger charge is 2.43. The number of likely N-dealkylation sites (tertiary alicyclic amines) is 1. The second kappa shape index (κ2) is 4.25. The number of nitrogens with zero attached hydrogens (tertiary/aromatic N) is 2. The lowest BCUT2D eigenvalue weighted by Gasteiger charge is -2.34. The van der Waals surface area contributed by atoms with Crippen LogP contribution in [0.5, 0.6) is 0 Å². The van der Waals surface area contributed by atoms with Crippen LogP contribution in [0.4, 0.5) is 0 Å². The first kappa shape index (κ1) is 11.5. The average Bonchev–Trinajstić information content (AvgIpc) is 2.69. The molecule has 0 aromatic rings. The monoisotopic (exact) mass is 238 g/mol. The van der Waals surface area contributed by atoms with Crippen LogP contribution in [0, 0.1) is 11.8 Å². The lowest BCUT2D eigenvalue weighted by atomic mass is 9.75. The zero-order valence-corrected chi connectivity index (χ0v) is 10.8. The van der Waals surface area contributed by atoms with Crippen LogP contribution in [0.15, 0.2) is 0 Å². The van der Waals surface area contributed by atoms with E-state index in [0.717, 1.165) is 45.0 Å². The Morgan fingerprint density at radius 2 is 2.06 bits per heavy atom. The summed E-state index contributed by atoms with van der Waals surface area (Å²) in [5.41, 5.74) is 0. The Balaban J connectivity index is 1.61. The van der Waals surface area contributed by atoms with Crippen LogP contribution < -0.4 is 0 Å². The van der Waals surface area contributed by atoms with E-state index in [-0.39, 0.29) is 6.10 Å². The molecule has 3 fully saturated rings. The Hall–Kier alpha value is -0.610. The predicted octanol–water partition coefficient (Wildman–Crippen LogP) is 0.574. The molecule has 2 heterocycles. The third-order valence-corrected chi connectivity index (χ3v) is 4.61. The molecule has 4 heteroatoms. The van der Waals surface area contributed by atoms with E-state index in [1.807, 2.05) is 4.90 Å². The van der Waals surface area contributed by atoms with Gasteiger partial charge in [0.25, 0.3) is 0 Å². The number of amides is 1. The lowest BCUT2D eigenvalue weighted by Crippen LogP contribution is -2.48. The molecule has 0 bridgehead atoms. The molecule has 0 unspecified atom stereocenters. The van der Waals surface area contributed by atoms with Crippen LogP contribution in [0.25, 0.3) is 0 Å². The lowest BCUT2D eigenvalue weighted by molar-refractivity contribution is -0.139. The average molecular weight is 238 g/mol. The van der Waals surface area contributed by atoms with E-state index in [0.29, 0.717) is 17.9 Å². The van der Waals surface area contributed by atoms with Crippen molar-refractivity contribution in [3.8, 4) is 0 Å². The van der Waals surface area contributed by atoms with Gasteiger partial charge in [-0.05, 0) is 25.8 Å². The number of carbonyl (C=O) groups excluding carboxylic acids is 1. The summed E-state index contributed by atoms with van der Waals surface area (Å²) < 4.78 is 5.77. The molecule has 17 heavy (non-hydrogen) atoms. The highest BCUT2D eigenvalue weighted by Crippen LogP contribution is 2.35. The number of hydrogen-bond donors (Lipinski definition) is 0. The summed E-state index contributed by atoms with van der Waals surface area (Å²) in [6, 6.07) is 0.421. The fourth-order valence-corrected chi connectivity index (χ4v) is 3.40. The van der Waals surface area contributed by atoms with Crippen molar-refractivity contribution in [3.63, 3.8) is 0 Å². The van der Waals surface area contributed by atoms with E-state index in [1.54, 1.807) is 0 Å². The Bertz CT molecular complexity index is 315. The van der Waals surface area contributed by atoms with Crippen LogP contribution in [0.1, 0.15) is 19.8 Å². The van der Waals surface area contributed by atoms with Crippen LogP contribution in [-0.4, -0.2) is 61.1 Å². The standard InChI is InChI=1S/C13H22N2O2/c1-9-5-10(6-9)13(16)15-7-11-12(8-15)17-4-3-14(11)2/h9-12H,3-8H2,1-2H3/t9?,10?,11-,12+/m1/s1. The quantitative estimate of drug-likeness (QED) is 0.670. The number of fused-ring (bicyclic) bond motifs is 1. The maximum Gasteiger partial charge on any atom is 0.225 e. The van der Waals surface area contributed by atoms with Crippen molar-refractivity contribution >= 4 is 5.91 Å². The van der Waals surface area contributed by atoms with Gasteiger partial charge in [0.1, 0.15) is 0 Å². The largest absolute Gasteiger partial charge is 0.373 e. The van der Waals surface area contributed by atoms with Gasteiger partial charge in [-0.2, -0.15) is 0 Å². The summed E-state index contributed by atoms with van der Waals surface area (Å²) in [4.78, 5) is 16.6. The Morgan fingerprint density at radius 1 is 1.29 bits per heavy atom. The summed E-state index contributed by atoms with van der Waals surface area (Å²) in [7, 11) is 2.14. The van der Waals surface area contributed by atoms with E-state index in [1.165, 1.54) is 0 Å². The fraction of sp³-hybridized carbons (Fsp3) is 0.923. The summed E-state index contributed by atoms with van der Waals surface area (Å²) in [6.07, 6.45) is 2.41. The molecular formula is C13H22N2O2. The van der Waals surface area contributed by atoms with Crippen molar-refractivity contribution in [1.82, 2.24) is 9.80 Å². The maximum atomic E-state index is 12.3. The minimum absolute atomic E-state index is 0.246. The number of morpholine rings is 1. The normalized spacial score (nSPS) is 42.1. The van der Waals surface area contributed by atoms with Gasteiger partial charge >= 0.3 is 0 Å². The van der Waals surface area contributed by atoms with Crippen molar-refractivity contribution in [1.29, 1.82) is 0 Å². The molecule has 0 radical (unpaired) electrons. The first-order valence-corrected chi connectivity index (χ1v) is 6.76. The van der Waals surface area contributed by atoms with Crippen molar-refractivity contribution in [3.05, 3.63) is 0 Å². The van der Waals surface area contributed by atoms with Crippen LogP contribution in [0.3, 0.4) is 0 Å². The third kappa shape index (κ3) is 1.97. The van der Waals surface area contributed by atoms with Crippen LogP contribution in [-0.2, 0) is 9.53 Å². The van der Waals surface area contributed by atoms with Gasteiger partial charge in [0.05, 0.1) is 18.8 Å². The number of likely N-dealkylation sites (N-methyl/N-ethyl adjacent to an activating group) is 1. The van der Waals surface area contributed by atoms with Gasteiger partial charge < -0.3 is 9.64 Å². The summed E-state index contributed by atoms with van der Waals surface area (Å²) in [5, 5.41) is 0. The number of ether oxygens (including phenoxy) is 1. The third-order valence-electron chi connectivity index (χ3n) is 4.61. The minimum Gasteiger partial charge on any atom is -0.373 e.